The molecule has 23 heavy (non-hydrogen) atoms. The molecule has 1 amide bonds. The summed E-state index contributed by atoms with van der Waals surface area (Å²) in [4.78, 5) is 16.7. The second-order valence-electron chi connectivity index (χ2n) is 6.23. The van der Waals surface area contributed by atoms with Crippen molar-refractivity contribution in [2.24, 2.45) is 0 Å². The highest BCUT2D eigenvalue weighted by Crippen LogP contribution is 2.18. The van der Waals surface area contributed by atoms with Gasteiger partial charge in [0.1, 0.15) is 0 Å². The van der Waals surface area contributed by atoms with Gasteiger partial charge in [0.25, 0.3) is 0 Å². The fourth-order valence-electron chi connectivity index (χ4n) is 3.14. The number of aromatic nitrogens is 2. The van der Waals surface area contributed by atoms with Crippen molar-refractivity contribution in [3.63, 3.8) is 0 Å². The molecule has 0 saturated carbocycles. The Morgan fingerprint density at radius 2 is 2.39 bits per heavy atom. The fraction of sp³-hybridized carbons (Fsp3) is 0.529. The molecule has 3 heterocycles. The molecule has 5 nitrogen and oxygen atoms in total. The molecule has 6 heteroatoms. The second kappa shape index (κ2) is 7.75. The van der Waals surface area contributed by atoms with Crippen LogP contribution in [0.25, 0.3) is 0 Å². The molecule has 0 bridgehead atoms. The molecule has 1 saturated heterocycles. The van der Waals surface area contributed by atoms with Gasteiger partial charge < -0.3 is 4.90 Å². The third-order valence-electron chi connectivity index (χ3n) is 4.47. The zero-order valence-corrected chi connectivity index (χ0v) is 14.4. The molecule has 0 spiro atoms. The van der Waals surface area contributed by atoms with Gasteiger partial charge in [-0.2, -0.15) is 16.4 Å². The van der Waals surface area contributed by atoms with Crippen molar-refractivity contribution in [3.8, 4) is 0 Å². The van der Waals surface area contributed by atoms with Crippen LogP contribution in [-0.4, -0.2) is 51.7 Å². The molecule has 124 valence electrons. The van der Waals surface area contributed by atoms with E-state index in [-0.39, 0.29) is 5.91 Å². The van der Waals surface area contributed by atoms with E-state index in [1.165, 1.54) is 18.4 Å². The van der Waals surface area contributed by atoms with E-state index < -0.39 is 0 Å². The zero-order chi connectivity index (χ0) is 16.1. The molecule has 1 aliphatic heterocycles. The average molecular weight is 332 g/mol. The predicted molar refractivity (Wildman–Crippen MR) is 92.2 cm³/mol. The Balaban J connectivity index is 1.56. The average Bonchev–Trinajstić information content (AvgIpc) is 3.23. The molecule has 1 atom stereocenters. The van der Waals surface area contributed by atoms with E-state index in [0.717, 1.165) is 19.5 Å². The minimum atomic E-state index is 0.198. The van der Waals surface area contributed by atoms with E-state index in [4.69, 9.17) is 0 Å². The SMILES string of the molecule is CN(Cc1ccsc1)C(=O)CN1CCCC[C@H]1Cn1cccn1. The number of carbonyl (C=O) groups excluding carboxylic acids is 1. The van der Waals surface area contributed by atoms with E-state index in [9.17, 15) is 4.79 Å². The first-order valence-corrected chi connectivity index (χ1v) is 9.13. The Morgan fingerprint density at radius 1 is 1.48 bits per heavy atom. The fourth-order valence-corrected chi connectivity index (χ4v) is 3.80. The Hall–Kier alpha value is -1.66. The lowest BCUT2D eigenvalue weighted by Crippen LogP contribution is -2.47. The lowest BCUT2D eigenvalue weighted by atomic mass is 10.0. The quantitative estimate of drug-likeness (QED) is 0.816. The minimum absolute atomic E-state index is 0.198. The van der Waals surface area contributed by atoms with Crippen LogP contribution in [0.5, 0.6) is 0 Å². The molecule has 0 radical (unpaired) electrons. The number of thiophene rings is 1. The third-order valence-corrected chi connectivity index (χ3v) is 5.20. The number of piperidine rings is 1. The van der Waals surface area contributed by atoms with Crippen LogP contribution in [0.15, 0.2) is 35.3 Å². The standard InChI is InChI=1S/C17H24N4OS/c1-19(11-15-6-10-23-14-15)17(22)13-20-8-3-2-5-16(20)12-21-9-4-7-18-21/h4,6-7,9-10,14,16H,2-3,5,8,11-13H2,1H3/t16-/m0/s1. The summed E-state index contributed by atoms with van der Waals surface area (Å²) in [5, 5.41) is 8.46. The van der Waals surface area contributed by atoms with Crippen molar-refractivity contribution in [3.05, 3.63) is 40.8 Å². The number of rotatable bonds is 6. The van der Waals surface area contributed by atoms with Crippen molar-refractivity contribution >= 4 is 17.2 Å². The van der Waals surface area contributed by atoms with Gasteiger partial charge >= 0.3 is 0 Å². The smallest absolute Gasteiger partial charge is 0.236 e. The van der Waals surface area contributed by atoms with Gasteiger partial charge in [-0.15, -0.1) is 0 Å². The summed E-state index contributed by atoms with van der Waals surface area (Å²) in [6.07, 6.45) is 7.37. The molecule has 1 fully saturated rings. The van der Waals surface area contributed by atoms with Gasteiger partial charge in [0.05, 0.1) is 13.1 Å². The lowest BCUT2D eigenvalue weighted by molar-refractivity contribution is -0.132. The predicted octanol–water partition coefficient (Wildman–Crippen LogP) is 2.46. The van der Waals surface area contributed by atoms with E-state index >= 15 is 0 Å². The van der Waals surface area contributed by atoms with Gasteiger partial charge in [-0.1, -0.05) is 6.42 Å². The number of likely N-dealkylation sites (N-methyl/N-ethyl adjacent to an activating group) is 1. The van der Waals surface area contributed by atoms with E-state index in [0.29, 0.717) is 19.1 Å². The maximum absolute atomic E-state index is 12.6. The number of hydrogen-bond acceptors (Lipinski definition) is 4. The Kier molecular flexibility index (Phi) is 5.46. The van der Waals surface area contributed by atoms with Crippen LogP contribution in [0.4, 0.5) is 0 Å². The number of hydrogen-bond donors (Lipinski definition) is 0. The molecule has 2 aromatic rings. The van der Waals surface area contributed by atoms with Gasteiger partial charge in [-0.25, -0.2) is 0 Å². The van der Waals surface area contributed by atoms with Crippen LogP contribution < -0.4 is 0 Å². The topological polar surface area (TPSA) is 41.4 Å². The highest BCUT2D eigenvalue weighted by molar-refractivity contribution is 7.07. The number of amides is 1. The van der Waals surface area contributed by atoms with Crippen molar-refractivity contribution in [2.75, 3.05) is 20.1 Å². The van der Waals surface area contributed by atoms with Crippen LogP contribution >= 0.6 is 11.3 Å². The van der Waals surface area contributed by atoms with Crippen molar-refractivity contribution in [1.29, 1.82) is 0 Å². The third kappa shape index (κ3) is 4.42. The maximum atomic E-state index is 12.6. The van der Waals surface area contributed by atoms with Crippen LogP contribution in [-0.2, 0) is 17.9 Å². The van der Waals surface area contributed by atoms with E-state index in [1.54, 1.807) is 11.3 Å². The van der Waals surface area contributed by atoms with E-state index in [1.807, 2.05) is 35.1 Å². The molecule has 1 aliphatic rings. The summed E-state index contributed by atoms with van der Waals surface area (Å²) in [6.45, 7) is 3.07. The molecule has 0 aromatic carbocycles. The minimum Gasteiger partial charge on any atom is -0.340 e. The summed E-state index contributed by atoms with van der Waals surface area (Å²) >= 11 is 1.67. The monoisotopic (exact) mass is 332 g/mol. The number of nitrogens with zero attached hydrogens (tertiary/aromatic N) is 4. The largest absolute Gasteiger partial charge is 0.340 e. The molecular formula is C17H24N4OS. The normalized spacial score (nSPS) is 18.9. The van der Waals surface area contributed by atoms with Crippen molar-refractivity contribution < 1.29 is 4.79 Å². The molecular weight excluding hydrogens is 308 g/mol. The van der Waals surface area contributed by atoms with Crippen LogP contribution in [0.3, 0.4) is 0 Å². The second-order valence-corrected chi connectivity index (χ2v) is 7.01. The summed E-state index contributed by atoms with van der Waals surface area (Å²) in [7, 11) is 1.90. The molecule has 0 aliphatic carbocycles. The Labute approximate surface area is 141 Å². The van der Waals surface area contributed by atoms with Gasteiger partial charge in [-0.05, 0) is 47.8 Å². The van der Waals surface area contributed by atoms with Gasteiger partial charge in [0, 0.05) is 32.0 Å². The van der Waals surface area contributed by atoms with Crippen LogP contribution in [0.2, 0.25) is 0 Å². The first kappa shape index (κ1) is 16.2. The zero-order valence-electron chi connectivity index (χ0n) is 13.6. The summed E-state index contributed by atoms with van der Waals surface area (Å²) in [5.74, 6) is 0.198. The van der Waals surface area contributed by atoms with Crippen molar-refractivity contribution in [1.82, 2.24) is 19.6 Å². The summed E-state index contributed by atoms with van der Waals surface area (Å²) in [5.41, 5.74) is 1.21. The molecule has 0 N–H and O–H groups in total. The van der Waals surface area contributed by atoms with E-state index in [2.05, 4.69) is 26.8 Å². The summed E-state index contributed by atoms with van der Waals surface area (Å²) in [6, 6.07) is 4.44. The van der Waals surface area contributed by atoms with Crippen LogP contribution in [0.1, 0.15) is 24.8 Å². The molecule has 2 aromatic heterocycles. The van der Waals surface area contributed by atoms with Crippen LogP contribution in [0, 0.1) is 0 Å². The molecule has 3 rings (SSSR count). The number of carbonyl (C=O) groups is 1. The highest BCUT2D eigenvalue weighted by atomic mass is 32.1. The Morgan fingerprint density at radius 3 is 3.13 bits per heavy atom. The van der Waals surface area contributed by atoms with Gasteiger partial charge in [0.2, 0.25) is 5.91 Å². The van der Waals surface area contributed by atoms with Gasteiger partial charge in [0.15, 0.2) is 0 Å². The first-order chi connectivity index (χ1) is 11.2. The first-order valence-electron chi connectivity index (χ1n) is 8.19. The summed E-state index contributed by atoms with van der Waals surface area (Å²) < 4.78 is 1.97. The lowest BCUT2D eigenvalue weighted by Gasteiger charge is -2.36. The highest BCUT2D eigenvalue weighted by Gasteiger charge is 2.25. The maximum Gasteiger partial charge on any atom is 0.236 e. The van der Waals surface area contributed by atoms with Gasteiger partial charge in [-0.3, -0.25) is 14.4 Å². The Bertz CT molecular complexity index is 596. The molecule has 0 unspecified atom stereocenters. The number of likely N-dealkylation sites (tertiary alicyclic amines) is 1. The van der Waals surface area contributed by atoms with Crippen molar-refractivity contribution in [2.45, 2.75) is 38.4 Å².